The average molecular weight is 215 g/mol. The van der Waals surface area contributed by atoms with Gasteiger partial charge in [0.1, 0.15) is 0 Å². The monoisotopic (exact) mass is 214 g/mol. The van der Waals surface area contributed by atoms with Crippen molar-refractivity contribution in [2.75, 3.05) is 0 Å². The third-order valence-electron chi connectivity index (χ3n) is 1.16. The topological polar surface area (TPSA) is 42.0 Å². The van der Waals surface area contributed by atoms with Crippen LogP contribution in [0.15, 0.2) is 22.8 Å². The summed E-state index contributed by atoms with van der Waals surface area (Å²) in [7, 11) is 0. The van der Waals surface area contributed by atoms with Gasteiger partial charge in [-0.1, -0.05) is 0 Å². The van der Waals surface area contributed by atoms with Gasteiger partial charge in [0.05, 0.1) is 12.2 Å². The number of rotatable bonds is 3. The van der Waals surface area contributed by atoms with Crippen LogP contribution in [0, 0.1) is 0 Å². The standard InChI is InChI=1S/C7H7BrN2O/c8-6-1-2-7(10-3-6)4-9-5-11/h1-3,5H,4H2,(H,9,11). The number of halogens is 1. The second kappa shape index (κ2) is 4.08. The molecule has 1 heterocycles. The molecule has 58 valence electrons. The van der Waals surface area contributed by atoms with Crippen LogP contribution in [0.5, 0.6) is 0 Å². The van der Waals surface area contributed by atoms with E-state index in [-0.39, 0.29) is 0 Å². The summed E-state index contributed by atoms with van der Waals surface area (Å²) >= 11 is 3.26. The van der Waals surface area contributed by atoms with Crippen LogP contribution < -0.4 is 5.32 Å². The molecule has 0 aliphatic rings. The molecule has 1 N–H and O–H groups in total. The van der Waals surface area contributed by atoms with E-state index >= 15 is 0 Å². The van der Waals surface area contributed by atoms with Crippen molar-refractivity contribution in [3.63, 3.8) is 0 Å². The van der Waals surface area contributed by atoms with Crippen LogP contribution in [0.25, 0.3) is 0 Å². The van der Waals surface area contributed by atoms with Gasteiger partial charge >= 0.3 is 0 Å². The maximum absolute atomic E-state index is 9.90. The summed E-state index contributed by atoms with van der Waals surface area (Å²) in [6.45, 7) is 0.483. The third kappa shape index (κ3) is 2.67. The zero-order valence-corrected chi connectivity index (χ0v) is 7.34. The smallest absolute Gasteiger partial charge is 0.207 e. The van der Waals surface area contributed by atoms with Gasteiger partial charge in [0, 0.05) is 10.7 Å². The molecule has 1 aromatic heterocycles. The molecule has 0 radical (unpaired) electrons. The number of hydrogen-bond acceptors (Lipinski definition) is 2. The zero-order chi connectivity index (χ0) is 8.10. The number of aromatic nitrogens is 1. The summed E-state index contributed by atoms with van der Waals surface area (Å²) in [4.78, 5) is 13.9. The van der Waals surface area contributed by atoms with Crippen molar-refractivity contribution >= 4 is 22.3 Å². The van der Waals surface area contributed by atoms with E-state index in [1.165, 1.54) is 0 Å². The highest BCUT2D eigenvalue weighted by Crippen LogP contribution is 2.06. The number of carbonyl (C=O) groups is 1. The lowest BCUT2D eigenvalue weighted by atomic mass is 10.3. The van der Waals surface area contributed by atoms with Gasteiger partial charge in [-0.15, -0.1) is 0 Å². The second-order valence-corrected chi connectivity index (χ2v) is 2.88. The predicted octanol–water partition coefficient (Wildman–Crippen LogP) is 1.09. The van der Waals surface area contributed by atoms with Crippen molar-refractivity contribution in [3.05, 3.63) is 28.5 Å². The van der Waals surface area contributed by atoms with Gasteiger partial charge in [0.25, 0.3) is 0 Å². The minimum absolute atomic E-state index is 0.483. The van der Waals surface area contributed by atoms with Gasteiger partial charge in [-0.05, 0) is 28.1 Å². The summed E-state index contributed by atoms with van der Waals surface area (Å²) in [5, 5.41) is 2.53. The Morgan fingerprint density at radius 1 is 1.64 bits per heavy atom. The number of hydrogen-bond donors (Lipinski definition) is 1. The summed E-state index contributed by atoms with van der Waals surface area (Å²) < 4.78 is 0.937. The highest BCUT2D eigenvalue weighted by atomic mass is 79.9. The van der Waals surface area contributed by atoms with Crippen LogP contribution >= 0.6 is 15.9 Å². The zero-order valence-electron chi connectivity index (χ0n) is 5.75. The van der Waals surface area contributed by atoms with Gasteiger partial charge < -0.3 is 5.32 Å². The molecule has 1 amide bonds. The molecular formula is C7H7BrN2O. The number of amides is 1. The molecule has 0 atom stereocenters. The van der Waals surface area contributed by atoms with E-state index in [2.05, 4.69) is 26.2 Å². The van der Waals surface area contributed by atoms with Gasteiger partial charge in [-0.25, -0.2) is 0 Å². The Kier molecular flexibility index (Phi) is 3.04. The normalized spacial score (nSPS) is 9.18. The van der Waals surface area contributed by atoms with Crippen LogP contribution in [-0.2, 0) is 11.3 Å². The maximum Gasteiger partial charge on any atom is 0.207 e. The molecular weight excluding hydrogens is 208 g/mol. The lowest BCUT2D eigenvalue weighted by molar-refractivity contribution is -0.109. The molecule has 0 saturated heterocycles. The quantitative estimate of drug-likeness (QED) is 0.766. The first-order valence-corrected chi connectivity index (χ1v) is 3.89. The van der Waals surface area contributed by atoms with Crippen molar-refractivity contribution in [2.45, 2.75) is 6.54 Å². The molecule has 0 bridgehead atoms. The molecule has 0 aliphatic heterocycles. The molecule has 0 saturated carbocycles. The Labute approximate surface area is 73.0 Å². The largest absolute Gasteiger partial charge is 0.353 e. The van der Waals surface area contributed by atoms with E-state index in [0.29, 0.717) is 13.0 Å². The van der Waals surface area contributed by atoms with E-state index < -0.39 is 0 Å². The highest BCUT2D eigenvalue weighted by molar-refractivity contribution is 9.10. The number of pyridine rings is 1. The fourth-order valence-electron chi connectivity index (χ4n) is 0.657. The van der Waals surface area contributed by atoms with Gasteiger partial charge in [-0.2, -0.15) is 0 Å². The molecule has 0 fully saturated rings. The van der Waals surface area contributed by atoms with Crippen LogP contribution in [0.4, 0.5) is 0 Å². The molecule has 1 rings (SSSR count). The van der Waals surface area contributed by atoms with Crippen molar-refractivity contribution in [1.82, 2.24) is 10.3 Å². The minimum Gasteiger partial charge on any atom is -0.353 e. The van der Waals surface area contributed by atoms with Gasteiger partial charge in [0.2, 0.25) is 6.41 Å². The lowest BCUT2D eigenvalue weighted by Gasteiger charge is -1.97. The predicted molar refractivity (Wildman–Crippen MR) is 44.8 cm³/mol. The molecule has 0 aromatic carbocycles. The Hall–Kier alpha value is -0.900. The third-order valence-corrected chi connectivity index (χ3v) is 1.62. The van der Waals surface area contributed by atoms with Gasteiger partial charge in [-0.3, -0.25) is 9.78 Å². The molecule has 0 unspecified atom stereocenters. The fraction of sp³-hybridized carbons (Fsp3) is 0.143. The fourth-order valence-corrected chi connectivity index (χ4v) is 0.892. The Morgan fingerprint density at radius 2 is 2.45 bits per heavy atom. The lowest BCUT2D eigenvalue weighted by Crippen LogP contribution is -2.10. The number of carbonyl (C=O) groups excluding carboxylic acids is 1. The van der Waals surface area contributed by atoms with Crippen molar-refractivity contribution in [2.24, 2.45) is 0 Å². The number of nitrogens with one attached hydrogen (secondary N) is 1. The van der Waals surface area contributed by atoms with Crippen LogP contribution in [0.3, 0.4) is 0 Å². The molecule has 11 heavy (non-hydrogen) atoms. The first kappa shape index (κ1) is 8.20. The second-order valence-electron chi connectivity index (χ2n) is 1.97. The molecule has 0 spiro atoms. The Balaban J connectivity index is 2.58. The molecule has 0 aliphatic carbocycles. The first-order valence-electron chi connectivity index (χ1n) is 3.10. The van der Waals surface area contributed by atoms with Gasteiger partial charge in [0.15, 0.2) is 0 Å². The minimum atomic E-state index is 0.483. The molecule has 4 heteroatoms. The van der Waals surface area contributed by atoms with Crippen molar-refractivity contribution in [1.29, 1.82) is 0 Å². The SMILES string of the molecule is O=CNCc1ccc(Br)cn1. The van der Waals surface area contributed by atoms with Crippen molar-refractivity contribution < 1.29 is 4.79 Å². The van der Waals surface area contributed by atoms with Crippen molar-refractivity contribution in [3.8, 4) is 0 Å². The van der Waals surface area contributed by atoms with Crippen LogP contribution in [-0.4, -0.2) is 11.4 Å². The average Bonchev–Trinajstić information content (AvgIpc) is 2.04. The number of nitrogens with zero attached hydrogens (tertiary/aromatic N) is 1. The first-order chi connectivity index (χ1) is 5.33. The summed E-state index contributed by atoms with van der Waals surface area (Å²) in [6.07, 6.45) is 2.35. The van der Waals surface area contributed by atoms with E-state index in [9.17, 15) is 4.79 Å². The Bertz CT molecular complexity index is 235. The van der Waals surface area contributed by atoms with E-state index in [0.717, 1.165) is 10.2 Å². The summed E-state index contributed by atoms with van der Waals surface area (Å²) in [5.74, 6) is 0. The molecule has 3 nitrogen and oxygen atoms in total. The van der Waals surface area contributed by atoms with E-state index in [4.69, 9.17) is 0 Å². The van der Waals surface area contributed by atoms with E-state index in [1.807, 2.05) is 12.1 Å². The van der Waals surface area contributed by atoms with Crippen LogP contribution in [0.2, 0.25) is 0 Å². The molecule has 1 aromatic rings. The maximum atomic E-state index is 9.90. The highest BCUT2D eigenvalue weighted by Gasteiger charge is 1.91. The van der Waals surface area contributed by atoms with Crippen LogP contribution in [0.1, 0.15) is 5.69 Å². The summed E-state index contributed by atoms with van der Waals surface area (Å²) in [6, 6.07) is 3.73. The Morgan fingerprint density at radius 3 is 3.00 bits per heavy atom. The van der Waals surface area contributed by atoms with E-state index in [1.54, 1.807) is 6.20 Å². The summed E-state index contributed by atoms with van der Waals surface area (Å²) in [5.41, 5.74) is 0.848.